The van der Waals surface area contributed by atoms with Crippen LogP contribution >= 0.6 is 24.0 Å². The molecule has 1 atom stereocenters. The maximum atomic E-state index is 8.93. The van der Waals surface area contributed by atoms with Gasteiger partial charge in [0.25, 0.3) is 0 Å². The second kappa shape index (κ2) is 13.2. The van der Waals surface area contributed by atoms with Crippen molar-refractivity contribution in [3.63, 3.8) is 0 Å². The van der Waals surface area contributed by atoms with E-state index < -0.39 is 0 Å². The summed E-state index contributed by atoms with van der Waals surface area (Å²) in [6.07, 6.45) is 4.92. The van der Waals surface area contributed by atoms with Crippen LogP contribution in [0.1, 0.15) is 57.6 Å². The Kier molecular flexibility index (Phi) is 12.4. The zero-order valence-corrected chi connectivity index (χ0v) is 16.8. The minimum Gasteiger partial charge on any atom is -0.357 e. The lowest BCUT2D eigenvalue weighted by Gasteiger charge is -2.17. The molecule has 0 amide bonds. The van der Waals surface area contributed by atoms with Gasteiger partial charge < -0.3 is 10.6 Å². The van der Waals surface area contributed by atoms with E-state index in [0.717, 1.165) is 24.5 Å². The molecule has 0 aromatic heterocycles. The molecule has 2 N–H and O–H groups in total. The molecule has 0 aliphatic rings. The number of nitriles is 1. The molecule has 0 fully saturated rings. The molecule has 1 rings (SSSR count). The van der Waals surface area contributed by atoms with Gasteiger partial charge in [-0.3, -0.25) is 0 Å². The largest absolute Gasteiger partial charge is 0.357 e. The number of benzene rings is 1. The van der Waals surface area contributed by atoms with Crippen molar-refractivity contribution in [3.8, 4) is 6.07 Å². The van der Waals surface area contributed by atoms with Crippen molar-refractivity contribution < 1.29 is 0 Å². The summed E-state index contributed by atoms with van der Waals surface area (Å²) in [7, 11) is 0. The van der Waals surface area contributed by atoms with Gasteiger partial charge in [-0.2, -0.15) is 5.26 Å². The maximum absolute atomic E-state index is 8.93. The normalized spacial score (nSPS) is 12.0. The first-order valence-electron chi connectivity index (χ1n) is 8.23. The van der Waals surface area contributed by atoms with Crippen molar-refractivity contribution in [2.24, 2.45) is 4.99 Å². The number of unbranched alkanes of at least 4 members (excludes halogenated alkanes) is 2. The molecule has 0 bridgehead atoms. The molecular formula is C18H29IN4. The molecule has 5 heteroatoms. The number of nitrogens with zero attached hydrogens (tertiary/aromatic N) is 2. The van der Waals surface area contributed by atoms with Gasteiger partial charge in [0, 0.05) is 12.6 Å². The van der Waals surface area contributed by atoms with E-state index in [-0.39, 0.29) is 24.0 Å². The molecule has 0 heterocycles. The van der Waals surface area contributed by atoms with Gasteiger partial charge in [0.2, 0.25) is 0 Å². The third kappa shape index (κ3) is 9.44. The van der Waals surface area contributed by atoms with Crippen LogP contribution in [-0.2, 0) is 6.54 Å². The standard InChI is InChI=1S/C18H28N4.HI/c1-4-6-7-9-15(3)22-18(20-5-2)21-14-17-11-8-10-16(12-17)13-19;/h8,10-12,15H,4-7,9,14H2,1-3H3,(H2,20,21,22);1H. The predicted molar refractivity (Wildman–Crippen MR) is 108 cm³/mol. The van der Waals surface area contributed by atoms with Crippen LogP contribution in [-0.4, -0.2) is 18.5 Å². The molecule has 0 aliphatic carbocycles. The molecule has 128 valence electrons. The molecule has 0 spiro atoms. The van der Waals surface area contributed by atoms with Crippen LogP contribution in [0.5, 0.6) is 0 Å². The molecule has 0 saturated carbocycles. The average molecular weight is 428 g/mol. The first-order valence-corrected chi connectivity index (χ1v) is 8.23. The van der Waals surface area contributed by atoms with Crippen LogP contribution in [0.25, 0.3) is 0 Å². The number of rotatable bonds is 8. The maximum Gasteiger partial charge on any atom is 0.191 e. The molecule has 1 aromatic carbocycles. The van der Waals surface area contributed by atoms with Gasteiger partial charge in [-0.1, -0.05) is 38.3 Å². The van der Waals surface area contributed by atoms with Gasteiger partial charge in [0.05, 0.1) is 18.2 Å². The van der Waals surface area contributed by atoms with Gasteiger partial charge in [-0.05, 0) is 38.0 Å². The Hall–Kier alpha value is -1.29. The number of halogens is 1. The van der Waals surface area contributed by atoms with E-state index in [1.165, 1.54) is 19.3 Å². The summed E-state index contributed by atoms with van der Waals surface area (Å²) in [5, 5.41) is 15.7. The molecule has 1 unspecified atom stereocenters. The lowest BCUT2D eigenvalue weighted by atomic mass is 10.1. The topological polar surface area (TPSA) is 60.2 Å². The van der Waals surface area contributed by atoms with Crippen molar-refractivity contribution in [1.29, 1.82) is 5.26 Å². The summed E-state index contributed by atoms with van der Waals surface area (Å²) < 4.78 is 0. The summed E-state index contributed by atoms with van der Waals surface area (Å²) >= 11 is 0. The third-order valence-corrected chi connectivity index (χ3v) is 3.44. The Bertz CT molecular complexity index is 508. The monoisotopic (exact) mass is 428 g/mol. The molecule has 1 aromatic rings. The average Bonchev–Trinajstić information content (AvgIpc) is 2.53. The number of aliphatic imine (C=N–C) groups is 1. The van der Waals surface area contributed by atoms with Crippen molar-refractivity contribution >= 4 is 29.9 Å². The van der Waals surface area contributed by atoms with Gasteiger partial charge >= 0.3 is 0 Å². The van der Waals surface area contributed by atoms with Gasteiger partial charge in [-0.15, -0.1) is 24.0 Å². The van der Waals surface area contributed by atoms with E-state index in [1.54, 1.807) is 0 Å². The Morgan fingerprint density at radius 3 is 2.74 bits per heavy atom. The number of guanidine groups is 1. The van der Waals surface area contributed by atoms with E-state index >= 15 is 0 Å². The number of hydrogen-bond acceptors (Lipinski definition) is 2. The van der Waals surface area contributed by atoms with E-state index in [4.69, 9.17) is 5.26 Å². The highest BCUT2D eigenvalue weighted by Gasteiger charge is 2.04. The second-order valence-electron chi connectivity index (χ2n) is 5.55. The van der Waals surface area contributed by atoms with Gasteiger partial charge in [0.15, 0.2) is 5.96 Å². The quantitative estimate of drug-likeness (QED) is 0.282. The molecule has 0 radical (unpaired) electrons. The predicted octanol–water partition coefficient (Wildman–Crippen LogP) is 4.20. The summed E-state index contributed by atoms with van der Waals surface area (Å²) in [5.41, 5.74) is 1.73. The molecule has 0 saturated heterocycles. The highest BCUT2D eigenvalue weighted by Crippen LogP contribution is 2.06. The minimum absolute atomic E-state index is 0. The Balaban J connectivity index is 0.00000484. The van der Waals surface area contributed by atoms with E-state index in [2.05, 4.69) is 42.5 Å². The second-order valence-corrected chi connectivity index (χ2v) is 5.55. The first-order chi connectivity index (χ1) is 10.7. The Morgan fingerprint density at radius 1 is 1.30 bits per heavy atom. The molecular weight excluding hydrogens is 399 g/mol. The molecule has 23 heavy (non-hydrogen) atoms. The van der Waals surface area contributed by atoms with Crippen LogP contribution in [0.2, 0.25) is 0 Å². The Morgan fingerprint density at radius 2 is 2.09 bits per heavy atom. The summed E-state index contributed by atoms with van der Waals surface area (Å²) in [5.74, 6) is 0.842. The highest BCUT2D eigenvalue weighted by atomic mass is 127. The summed E-state index contributed by atoms with van der Waals surface area (Å²) in [4.78, 5) is 4.61. The van der Waals surface area contributed by atoms with Crippen molar-refractivity contribution in [3.05, 3.63) is 35.4 Å². The lowest BCUT2D eigenvalue weighted by molar-refractivity contribution is 0.547. The third-order valence-electron chi connectivity index (χ3n) is 3.44. The zero-order chi connectivity index (χ0) is 16.2. The fraction of sp³-hybridized carbons (Fsp3) is 0.556. The summed E-state index contributed by atoms with van der Waals surface area (Å²) in [6, 6.07) is 10.2. The van der Waals surface area contributed by atoms with E-state index in [1.807, 2.05) is 24.3 Å². The van der Waals surface area contributed by atoms with Crippen LogP contribution < -0.4 is 10.6 Å². The molecule has 4 nitrogen and oxygen atoms in total. The van der Waals surface area contributed by atoms with Crippen molar-refractivity contribution in [2.75, 3.05) is 6.54 Å². The van der Waals surface area contributed by atoms with Crippen LogP contribution in [0.3, 0.4) is 0 Å². The van der Waals surface area contributed by atoms with Crippen molar-refractivity contribution in [2.45, 2.75) is 59.0 Å². The lowest BCUT2D eigenvalue weighted by Crippen LogP contribution is -2.42. The number of nitrogens with one attached hydrogen (secondary N) is 2. The number of hydrogen-bond donors (Lipinski definition) is 2. The zero-order valence-electron chi connectivity index (χ0n) is 14.4. The first kappa shape index (κ1) is 21.7. The molecule has 0 aliphatic heterocycles. The SMILES string of the molecule is CCCCCC(C)NC(=NCc1cccc(C#N)c1)NCC.I. The Labute approximate surface area is 157 Å². The summed E-state index contributed by atoms with van der Waals surface area (Å²) in [6.45, 7) is 7.89. The van der Waals surface area contributed by atoms with Crippen molar-refractivity contribution in [1.82, 2.24) is 10.6 Å². The smallest absolute Gasteiger partial charge is 0.191 e. The van der Waals surface area contributed by atoms with E-state index in [0.29, 0.717) is 18.2 Å². The van der Waals surface area contributed by atoms with Gasteiger partial charge in [0.1, 0.15) is 0 Å². The van der Waals surface area contributed by atoms with E-state index in [9.17, 15) is 0 Å². The van der Waals surface area contributed by atoms with Crippen LogP contribution in [0.15, 0.2) is 29.3 Å². The fourth-order valence-electron chi connectivity index (χ4n) is 2.24. The van der Waals surface area contributed by atoms with Gasteiger partial charge in [-0.25, -0.2) is 4.99 Å². The van der Waals surface area contributed by atoms with Crippen LogP contribution in [0.4, 0.5) is 0 Å². The fourth-order valence-corrected chi connectivity index (χ4v) is 2.24. The minimum atomic E-state index is 0. The highest BCUT2D eigenvalue weighted by molar-refractivity contribution is 14.0. The van der Waals surface area contributed by atoms with Crippen LogP contribution in [0, 0.1) is 11.3 Å².